The Morgan fingerprint density at radius 2 is 1.90 bits per heavy atom. The minimum atomic E-state index is -3.76. The summed E-state index contributed by atoms with van der Waals surface area (Å²) in [6.07, 6.45) is -2.06. The molecule has 0 radical (unpaired) electrons. The lowest BCUT2D eigenvalue weighted by Crippen LogP contribution is -2.53. The molecule has 2 saturated heterocycles. The molecule has 2 aliphatic heterocycles. The van der Waals surface area contributed by atoms with E-state index in [1.807, 2.05) is 11.0 Å². The predicted octanol–water partition coefficient (Wildman–Crippen LogP) is 3.42. The molecule has 0 aliphatic carbocycles. The highest BCUT2D eigenvalue weighted by Gasteiger charge is 2.41. The van der Waals surface area contributed by atoms with E-state index in [0.717, 1.165) is 13.0 Å². The highest BCUT2D eigenvalue weighted by Crippen LogP contribution is 2.38. The fraction of sp³-hybridized carbons (Fsp3) is 0.500. The number of halogens is 3. The molecule has 4 heterocycles. The zero-order valence-corrected chi connectivity index (χ0v) is 23.3. The Bertz CT molecular complexity index is 1440. The van der Waals surface area contributed by atoms with Gasteiger partial charge in [0.2, 0.25) is 11.8 Å². The fourth-order valence-electron chi connectivity index (χ4n) is 5.11. The van der Waals surface area contributed by atoms with Gasteiger partial charge < -0.3 is 29.7 Å². The van der Waals surface area contributed by atoms with Gasteiger partial charge in [-0.25, -0.2) is 9.37 Å². The van der Waals surface area contributed by atoms with Gasteiger partial charge in [0, 0.05) is 37.1 Å². The number of rotatable bonds is 8. The number of aliphatic hydroxyl groups excluding tert-OH is 1. The maximum absolute atomic E-state index is 15.3. The first-order chi connectivity index (χ1) is 19.5. The maximum atomic E-state index is 15.3. The van der Waals surface area contributed by atoms with Crippen LogP contribution < -0.4 is 15.0 Å². The third-order valence-corrected chi connectivity index (χ3v) is 7.71. The monoisotopic (exact) mass is 574 g/mol. The number of aryl methyl sites for hydroxylation is 1. The van der Waals surface area contributed by atoms with Crippen molar-refractivity contribution in [3.8, 4) is 5.88 Å². The molecule has 5 rings (SSSR count). The first-order valence-corrected chi connectivity index (χ1v) is 13.5. The van der Waals surface area contributed by atoms with Crippen LogP contribution in [0.25, 0.3) is 10.9 Å². The first kappa shape index (κ1) is 28.8. The Morgan fingerprint density at radius 1 is 1.20 bits per heavy atom. The second-order valence-corrected chi connectivity index (χ2v) is 10.5. The minimum absolute atomic E-state index is 0.0160. The van der Waals surface area contributed by atoms with Crippen LogP contribution in [0.3, 0.4) is 0 Å². The van der Waals surface area contributed by atoms with E-state index in [1.165, 1.54) is 19.2 Å². The van der Waals surface area contributed by atoms with Crippen LogP contribution in [-0.4, -0.2) is 83.7 Å². The van der Waals surface area contributed by atoms with E-state index in [0.29, 0.717) is 73.4 Å². The zero-order valence-electron chi connectivity index (χ0n) is 23.3. The lowest BCUT2D eigenvalue weighted by atomic mass is 9.97. The number of anilines is 2. The Kier molecular flexibility index (Phi) is 7.93. The Balaban J connectivity index is 1.44. The Labute approximate surface area is 235 Å². The number of piperazine rings is 1. The molecule has 0 bridgehead atoms. The molecule has 2 N–H and O–H groups in total. The molecule has 13 heteroatoms. The summed E-state index contributed by atoms with van der Waals surface area (Å²) in [4.78, 5) is 21.3. The third kappa shape index (κ3) is 5.35. The Morgan fingerprint density at radius 3 is 2.51 bits per heavy atom. The van der Waals surface area contributed by atoms with Crippen LogP contribution in [0.2, 0.25) is 0 Å². The van der Waals surface area contributed by atoms with Gasteiger partial charge in [0.05, 0.1) is 43.5 Å². The number of aliphatic hydroxyl groups is 1. The molecule has 1 aromatic carbocycles. The fourth-order valence-corrected chi connectivity index (χ4v) is 5.11. The number of hydrogen-bond acceptors (Lipinski definition) is 9. The number of pyridine rings is 1. The van der Waals surface area contributed by atoms with Crippen molar-refractivity contribution in [3.63, 3.8) is 0 Å². The quantitative estimate of drug-likeness (QED) is 0.418. The normalized spacial score (nSPS) is 17.8. The molecule has 41 heavy (non-hydrogen) atoms. The molecule has 3 aromatic rings. The number of carbonyl (C=O) groups excluding carboxylic acids is 1. The smallest absolute Gasteiger partial charge is 0.301 e. The van der Waals surface area contributed by atoms with E-state index < -0.39 is 29.4 Å². The topological polar surface area (TPSA) is 113 Å². The third-order valence-electron chi connectivity index (χ3n) is 7.71. The van der Waals surface area contributed by atoms with E-state index in [4.69, 9.17) is 14.5 Å². The molecular formula is C28H33F3N6O4. The van der Waals surface area contributed by atoms with Gasteiger partial charge in [0.1, 0.15) is 23.1 Å². The van der Waals surface area contributed by atoms with Gasteiger partial charge in [0.15, 0.2) is 5.82 Å². The molecule has 1 amide bonds. The summed E-state index contributed by atoms with van der Waals surface area (Å²) in [6, 6.07) is 4.78. The average Bonchev–Trinajstić information content (AvgIpc) is 2.93. The standard InChI is InChI=1S/C28H33F3N6O4/c1-15(19-6-5-7-21(23(19)29)28(30,31)17(3)38)32-25-20-12-22(26(40-4)33-24(20)16(2)34-35-25)36-8-10-37(11-9-36)27(39)18-13-41-14-18/h5-7,12,15,17-18,38H,8-11,13-14H2,1-4H3,(H,32,35)/t15-,17?/m1/s1. The highest BCUT2D eigenvalue weighted by molar-refractivity contribution is 5.94. The number of nitrogens with zero attached hydrogens (tertiary/aromatic N) is 5. The summed E-state index contributed by atoms with van der Waals surface area (Å²) in [5, 5.41) is 21.7. The summed E-state index contributed by atoms with van der Waals surface area (Å²) >= 11 is 0. The summed E-state index contributed by atoms with van der Waals surface area (Å²) in [7, 11) is 1.53. The molecule has 0 saturated carbocycles. The summed E-state index contributed by atoms with van der Waals surface area (Å²) < 4.78 is 55.1. The van der Waals surface area contributed by atoms with Gasteiger partial charge in [0.25, 0.3) is 0 Å². The second kappa shape index (κ2) is 11.3. The number of methoxy groups -OCH3 is 1. The van der Waals surface area contributed by atoms with Crippen LogP contribution in [-0.2, 0) is 15.5 Å². The zero-order chi connectivity index (χ0) is 29.5. The molecular weight excluding hydrogens is 541 g/mol. The van der Waals surface area contributed by atoms with E-state index in [9.17, 15) is 18.7 Å². The Hall–Kier alpha value is -3.71. The van der Waals surface area contributed by atoms with Crippen LogP contribution in [0.15, 0.2) is 24.3 Å². The molecule has 2 aliphatic rings. The molecule has 2 atom stereocenters. The van der Waals surface area contributed by atoms with Crippen LogP contribution >= 0.6 is 0 Å². The SMILES string of the molecule is COc1nc2c(C)nnc(N[C@H](C)c3cccc(C(F)(F)C(C)O)c3F)c2cc1N1CCN(C(=O)C2COC2)CC1. The molecule has 2 fully saturated rings. The number of benzene rings is 1. The number of carbonyl (C=O) groups is 1. The first-order valence-electron chi connectivity index (χ1n) is 13.5. The van der Waals surface area contributed by atoms with E-state index in [1.54, 1.807) is 13.8 Å². The predicted molar refractivity (Wildman–Crippen MR) is 146 cm³/mol. The van der Waals surface area contributed by atoms with E-state index in [-0.39, 0.29) is 17.4 Å². The van der Waals surface area contributed by atoms with Crippen molar-refractivity contribution in [2.24, 2.45) is 5.92 Å². The van der Waals surface area contributed by atoms with Crippen molar-refractivity contribution in [3.05, 3.63) is 46.9 Å². The van der Waals surface area contributed by atoms with Crippen LogP contribution in [0.4, 0.5) is 24.7 Å². The molecule has 10 nitrogen and oxygen atoms in total. The van der Waals surface area contributed by atoms with Gasteiger partial charge in [-0.05, 0) is 32.9 Å². The van der Waals surface area contributed by atoms with Gasteiger partial charge in [-0.2, -0.15) is 13.9 Å². The maximum Gasteiger partial charge on any atom is 0.301 e. The van der Waals surface area contributed by atoms with Crippen LogP contribution in [0.5, 0.6) is 5.88 Å². The average molecular weight is 575 g/mol. The number of hydrogen-bond donors (Lipinski definition) is 2. The molecule has 0 spiro atoms. The van der Waals surface area contributed by atoms with E-state index in [2.05, 4.69) is 20.4 Å². The van der Waals surface area contributed by atoms with Gasteiger partial charge in [-0.15, -0.1) is 5.10 Å². The van der Waals surface area contributed by atoms with Crippen molar-refractivity contribution < 1.29 is 32.5 Å². The summed E-state index contributed by atoms with van der Waals surface area (Å²) in [6.45, 7) is 7.44. The summed E-state index contributed by atoms with van der Waals surface area (Å²) in [5.41, 5.74) is 0.870. The van der Waals surface area contributed by atoms with Crippen molar-refractivity contribution in [1.82, 2.24) is 20.1 Å². The molecule has 1 unspecified atom stereocenters. The lowest BCUT2D eigenvalue weighted by molar-refractivity contribution is -0.150. The number of nitrogens with one attached hydrogen (secondary N) is 1. The number of aromatic nitrogens is 3. The van der Waals surface area contributed by atoms with Crippen molar-refractivity contribution in [2.75, 3.05) is 56.7 Å². The molecule has 220 valence electrons. The largest absolute Gasteiger partial charge is 0.480 e. The van der Waals surface area contributed by atoms with Crippen molar-refractivity contribution in [1.29, 1.82) is 0 Å². The van der Waals surface area contributed by atoms with Crippen molar-refractivity contribution >= 4 is 28.3 Å². The number of ether oxygens (including phenoxy) is 2. The number of alkyl halides is 2. The van der Waals surface area contributed by atoms with Gasteiger partial charge in [-0.3, -0.25) is 4.79 Å². The second-order valence-electron chi connectivity index (χ2n) is 10.5. The van der Waals surface area contributed by atoms with Gasteiger partial charge >= 0.3 is 5.92 Å². The lowest BCUT2D eigenvalue weighted by Gasteiger charge is -2.39. The summed E-state index contributed by atoms with van der Waals surface area (Å²) in [5.74, 6) is -4.15. The van der Waals surface area contributed by atoms with Crippen LogP contribution in [0, 0.1) is 18.7 Å². The minimum Gasteiger partial charge on any atom is -0.480 e. The van der Waals surface area contributed by atoms with Gasteiger partial charge in [-0.1, -0.05) is 12.1 Å². The van der Waals surface area contributed by atoms with Crippen molar-refractivity contribution in [2.45, 2.75) is 38.8 Å². The number of amides is 1. The van der Waals surface area contributed by atoms with Crippen LogP contribution in [0.1, 0.15) is 36.7 Å². The highest BCUT2D eigenvalue weighted by atomic mass is 19.3. The number of fused-ring (bicyclic) bond motifs is 1. The van der Waals surface area contributed by atoms with E-state index >= 15 is 4.39 Å². The molecule has 2 aromatic heterocycles.